The molecule has 0 saturated heterocycles. The Hall–Kier alpha value is -1.50. The number of hydrogen-bond donors (Lipinski definition) is 0. The van der Waals surface area contributed by atoms with E-state index in [1.165, 1.54) is 22.3 Å². The lowest BCUT2D eigenvalue weighted by molar-refractivity contribution is 0.476. The Kier molecular flexibility index (Phi) is 4.80. The van der Waals surface area contributed by atoms with Crippen molar-refractivity contribution in [3.05, 3.63) is 58.0 Å². The average molecular weight is 312 g/mol. The molecule has 0 fully saturated rings. The molecule has 0 aliphatic carbocycles. The minimum Gasteiger partial charge on any atom is -0.466 e. The second kappa shape index (κ2) is 6.19. The Morgan fingerprint density at radius 2 is 1.57 bits per heavy atom. The van der Waals surface area contributed by atoms with Gasteiger partial charge in [-0.1, -0.05) is 53.7 Å². The van der Waals surface area contributed by atoms with Crippen LogP contribution in [0.25, 0.3) is 0 Å². The van der Waals surface area contributed by atoms with Crippen molar-refractivity contribution < 1.29 is 4.42 Å². The van der Waals surface area contributed by atoms with Crippen LogP contribution in [0.5, 0.6) is 0 Å². The number of rotatable bonds is 4. The molecule has 0 atom stereocenters. The largest absolute Gasteiger partial charge is 0.466 e. The summed E-state index contributed by atoms with van der Waals surface area (Å²) in [6.07, 6.45) is 2.01. The molecule has 0 spiro atoms. The van der Waals surface area contributed by atoms with E-state index in [0.29, 0.717) is 0 Å². The fraction of sp³-hybridized carbons (Fsp3) is 0.545. The lowest BCUT2D eigenvalue weighted by Gasteiger charge is -2.33. The predicted octanol–water partition coefficient (Wildman–Crippen LogP) is 6.47. The molecule has 1 nitrogen and oxygen atoms in total. The molecule has 1 heterocycles. The van der Waals surface area contributed by atoms with E-state index in [9.17, 15) is 0 Å². The van der Waals surface area contributed by atoms with Crippen molar-refractivity contribution in [2.75, 3.05) is 0 Å². The quantitative estimate of drug-likeness (QED) is 0.630. The van der Waals surface area contributed by atoms with Gasteiger partial charge in [0.15, 0.2) is 0 Å². The zero-order valence-electron chi connectivity index (χ0n) is 16.1. The highest BCUT2D eigenvalue weighted by atomic mass is 16.3. The van der Waals surface area contributed by atoms with Gasteiger partial charge in [0, 0.05) is 6.42 Å². The molecule has 1 aromatic heterocycles. The Bertz CT molecular complexity index is 680. The molecule has 126 valence electrons. The van der Waals surface area contributed by atoms with Gasteiger partial charge in [-0.15, -0.1) is 0 Å². The monoisotopic (exact) mass is 312 g/mol. The van der Waals surface area contributed by atoms with Crippen LogP contribution in [-0.4, -0.2) is 0 Å². The van der Waals surface area contributed by atoms with Gasteiger partial charge in [-0.05, 0) is 65.5 Å². The van der Waals surface area contributed by atoms with Gasteiger partial charge in [0.2, 0.25) is 0 Å². The molecular formula is C22H32O. The second-order valence-electron chi connectivity index (χ2n) is 8.50. The van der Waals surface area contributed by atoms with Crippen molar-refractivity contribution in [2.45, 2.75) is 79.1 Å². The smallest absolute Gasteiger partial charge is 0.108 e. The van der Waals surface area contributed by atoms with Crippen LogP contribution < -0.4 is 0 Å². The maximum Gasteiger partial charge on any atom is 0.108 e. The fourth-order valence-corrected chi connectivity index (χ4v) is 3.08. The summed E-state index contributed by atoms with van der Waals surface area (Å²) >= 11 is 0. The minimum absolute atomic E-state index is 0.159. The van der Waals surface area contributed by atoms with Crippen molar-refractivity contribution in [3.8, 4) is 0 Å². The van der Waals surface area contributed by atoms with Crippen LogP contribution in [0, 0.1) is 13.8 Å². The van der Waals surface area contributed by atoms with Gasteiger partial charge in [-0.3, -0.25) is 0 Å². The van der Waals surface area contributed by atoms with E-state index >= 15 is 0 Å². The summed E-state index contributed by atoms with van der Waals surface area (Å²) in [5.41, 5.74) is 6.04. The summed E-state index contributed by atoms with van der Waals surface area (Å²) in [5.74, 6) is 2.03. The number of furan rings is 1. The van der Waals surface area contributed by atoms with Gasteiger partial charge < -0.3 is 4.42 Å². The first-order valence-corrected chi connectivity index (χ1v) is 8.74. The molecule has 0 N–H and O–H groups in total. The molecule has 0 aliphatic rings. The molecule has 0 amide bonds. The van der Waals surface area contributed by atoms with E-state index < -0.39 is 0 Å². The third kappa shape index (κ3) is 3.88. The SMILES string of the molecule is CCC(C)(C)c1cc(Cc2ccc(C)o2)c(C)cc1C(C)(C)C. The predicted molar refractivity (Wildman–Crippen MR) is 99.4 cm³/mol. The summed E-state index contributed by atoms with van der Waals surface area (Å²) in [5, 5.41) is 0. The van der Waals surface area contributed by atoms with Crippen LogP contribution in [0.4, 0.5) is 0 Å². The van der Waals surface area contributed by atoms with E-state index in [4.69, 9.17) is 4.42 Å². The first-order chi connectivity index (χ1) is 10.5. The maximum atomic E-state index is 5.79. The van der Waals surface area contributed by atoms with Crippen LogP contribution >= 0.6 is 0 Å². The molecule has 0 bridgehead atoms. The van der Waals surface area contributed by atoms with Gasteiger partial charge in [-0.2, -0.15) is 0 Å². The van der Waals surface area contributed by atoms with Crippen LogP contribution in [-0.2, 0) is 17.3 Å². The standard InChI is InChI=1S/C22H32O/c1-9-22(7,8)20-14-17(13-18-11-10-16(3)23-18)15(2)12-19(20)21(4,5)6/h10-12,14H,9,13H2,1-8H3. The zero-order chi connectivity index (χ0) is 17.4. The van der Waals surface area contributed by atoms with E-state index in [-0.39, 0.29) is 10.8 Å². The third-order valence-corrected chi connectivity index (χ3v) is 5.06. The molecular weight excluding hydrogens is 280 g/mol. The first-order valence-electron chi connectivity index (χ1n) is 8.74. The average Bonchev–Trinajstić information content (AvgIpc) is 2.84. The Morgan fingerprint density at radius 1 is 0.913 bits per heavy atom. The highest BCUT2D eigenvalue weighted by Crippen LogP contribution is 2.38. The molecule has 1 heteroatoms. The van der Waals surface area contributed by atoms with Gasteiger partial charge >= 0.3 is 0 Å². The third-order valence-electron chi connectivity index (χ3n) is 5.06. The number of hydrogen-bond acceptors (Lipinski definition) is 1. The fourth-order valence-electron chi connectivity index (χ4n) is 3.08. The number of benzene rings is 1. The van der Waals surface area contributed by atoms with Crippen molar-refractivity contribution in [1.82, 2.24) is 0 Å². The highest BCUT2D eigenvalue weighted by Gasteiger charge is 2.28. The molecule has 1 aromatic carbocycles. The van der Waals surface area contributed by atoms with Crippen LogP contribution in [0.1, 0.15) is 81.7 Å². The molecule has 23 heavy (non-hydrogen) atoms. The molecule has 2 rings (SSSR count). The van der Waals surface area contributed by atoms with E-state index in [1.54, 1.807) is 0 Å². The van der Waals surface area contributed by atoms with Crippen molar-refractivity contribution in [2.24, 2.45) is 0 Å². The molecule has 0 radical (unpaired) electrons. The van der Waals surface area contributed by atoms with Gasteiger partial charge in [-0.25, -0.2) is 0 Å². The summed E-state index contributed by atoms with van der Waals surface area (Å²) in [7, 11) is 0. The van der Waals surface area contributed by atoms with Crippen LogP contribution in [0.2, 0.25) is 0 Å². The van der Waals surface area contributed by atoms with Crippen LogP contribution in [0.3, 0.4) is 0 Å². The molecule has 0 saturated carbocycles. The highest BCUT2D eigenvalue weighted by molar-refractivity contribution is 5.45. The van der Waals surface area contributed by atoms with Gasteiger partial charge in [0.1, 0.15) is 11.5 Å². The van der Waals surface area contributed by atoms with Crippen LogP contribution in [0.15, 0.2) is 28.7 Å². The second-order valence-corrected chi connectivity index (χ2v) is 8.50. The van der Waals surface area contributed by atoms with E-state index in [1.807, 2.05) is 13.0 Å². The Balaban J connectivity index is 2.55. The summed E-state index contributed by atoms with van der Waals surface area (Å²) in [6.45, 7) is 18.2. The maximum absolute atomic E-state index is 5.79. The molecule has 2 aromatic rings. The van der Waals surface area contributed by atoms with Crippen molar-refractivity contribution in [3.63, 3.8) is 0 Å². The Labute approximate surface area is 142 Å². The normalized spacial score (nSPS) is 12.7. The zero-order valence-corrected chi connectivity index (χ0v) is 16.1. The topological polar surface area (TPSA) is 13.1 Å². The van der Waals surface area contributed by atoms with E-state index in [0.717, 1.165) is 24.4 Å². The summed E-state index contributed by atoms with van der Waals surface area (Å²) in [4.78, 5) is 0. The van der Waals surface area contributed by atoms with Crippen molar-refractivity contribution >= 4 is 0 Å². The summed E-state index contributed by atoms with van der Waals surface area (Å²) in [6, 6.07) is 8.97. The minimum atomic E-state index is 0.159. The summed E-state index contributed by atoms with van der Waals surface area (Å²) < 4.78 is 5.79. The van der Waals surface area contributed by atoms with E-state index in [2.05, 4.69) is 66.7 Å². The number of aryl methyl sites for hydroxylation is 2. The van der Waals surface area contributed by atoms with Gasteiger partial charge in [0.05, 0.1) is 0 Å². The van der Waals surface area contributed by atoms with Crippen molar-refractivity contribution in [1.29, 1.82) is 0 Å². The molecule has 0 aliphatic heterocycles. The first kappa shape index (κ1) is 17.8. The molecule has 0 unspecified atom stereocenters. The Morgan fingerprint density at radius 3 is 2.04 bits per heavy atom. The lowest BCUT2D eigenvalue weighted by atomic mass is 9.71. The lowest BCUT2D eigenvalue weighted by Crippen LogP contribution is -2.24. The van der Waals surface area contributed by atoms with Gasteiger partial charge in [0.25, 0.3) is 0 Å².